The number of benzene rings is 1. The highest BCUT2D eigenvalue weighted by atomic mass is 32.2. The molecule has 0 spiro atoms. The molecule has 25 heavy (non-hydrogen) atoms. The molecule has 1 aliphatic heterocycles. The summed E-state index contributed by atoms with van der Waals surface area (Å²) in [5.74, 6) is 0.972. The molecule has 1 aliphatic rings. The SMILES string of the molecule is CCOc1ccccc1NC(=O)N1CCC(S(=O)(=O)CC(C)C)CC1. The van der Waals surface area contributed by atoms with E-state index in [1.807, 2.05) is 39.0 Å². The minimum atomic E-state index is -3.08. The van der Waals surface area contributed by atoms with E-state index in [2.05, 4.69) is 5.32 Å². The number of likely N-dealkylation sites (tertiary alicyclic amines) is 1. The van der Waals surface area contributed by atoms with Crippen molar-refractivity contribution in [3.8, 4) is 5.75 Å². The Morgan fingerprint density at radius 3 is 2.52 bits per heavy atom. The molecule has 1 saturated heterocycles. The molecule has 1 N–H and O–H groups in total. The van der Waals surface area contributed by atoms with Crippen molar-refractivity contribution in [3.63, 3.8) is 0 Å². The molecule has 0 aliphatic carbocycles. The Kier molecular flexibility index (Phi) is 6.70. The van der Waals surface area contributed by atoms with E-state index in [4.69, 9.17) is 4.74 Å². The first-order chi connectivity index (χ1) is 11.8. The van der Waals surface area contributed by atoms with Crippen LogP contribution >= 0.6 is 0 Å². The number of urea groups is 1. The molecule has 0 bridgehead atoms. The minimum absolute atomic E-state index is 0.126. The maximum Gasteiger partial charge on any atom is 0.321 e. The van der Waals surface area contributed by atoms with Gasteiger partial charge in [-0.3, -0.25) is 0 Å². The number of amides is 2. The van der Waals surface area contributed by atoms with Crippen molar-refractivity contribution in [2.75, 3.05) is 30.8 Å². The number of anilines is 1. The van der Waals surface area contributed by atoms with E-state index in [1.54, 1.807) is 11.0 Å². The quantitative estimate of drug-likeness (QED) is 0.837. The van der Waals surface area contributed by atoms with Gasteiger partial charge in [-0.1, -0.05) is 26.0 Å². The van der Waals surface area contributed by atoms with Gasteiger partial charge < -0.3 is 15.0 Å². The fraction of sp³-hybridized carbons (Fsp3) is 0.611. The van der Waals surface area contributed by atoms with Crippen LogP contribution in [0.4, 0.5) is 10.5 Å². The van der Waals surface area contributed by atoms with Gasteiger partial charge in [-0.15, -0.1) is 0 Å². The number of hydrogen-bond donors (Lipinski definition) is 1. The van der Waals surface area contributed by atoms with Gasteiger partial charge in [-0.05, 0) is 37.8 Å². The summed E-state index contributed by atoms with van der Waals surface area (Å²) in [5.41, 5.74) is 0.629. The molecular formula is C18H28N2O4S. The summed E-state index contributed by atoms with van der Waals surface area (Å²) in [6, 6.07) is 7.08. The van der Waals surface area contributed by atoms with Crippen LogP contribution in [0, 0.1) is 5.92 Å². The van der Waals surface area contributed by atoms with Crippen LogP contribution < -0.4 is 10.1 Å². The zero-order chi connectivity index (χ0) is 18.4. The number of nitrogens with zero attached hydrogens (tertiary/aromatic N) is 1. The summed E-state index contributed by atoms with van der Waals surface area (Å²) in [6.07, 6.45) is 0.991. The van der Waals surface area contributed by atoms with Crippen LogP contribution in [-0.4, -0.2) is 50.0 Å². The van der Waals surface area contributed by atoms with E-state index in [0.29, 0.717) is 44.0 Å². The Morgan fingerprint density at radius 2 is 1.92 bits per heavy atom. The van der Waals surface area contributed by atoms with Crippen LogP contribution in [0.15, 0.2) is 24.3 Å². The average Bonchev–Trinajstić information content (AvgIpc) is 2.56. The highest BCUT2D eigenvalue weighted by Crippen LogP contribution is 2.25. The van der Waals surface area contributed by atoms with E-state index in [9.17, 15) is 13.2 Å². The highest BCUT2D eigenvalue weighted by molar-refractivity contribution is 7.92. The van der Waals surface area contributed by atoms with E-state index >= 15 is 0 Å². The Balaban J connectivity index is 1.94. The van der Waals surface area contributed by atoms with Gasteiger partial charge in [0.25, 0.3) is 0 Å². The molecule has 140 valence electrons. The minimum Gasteiger partial charge on any atom is -0.492 e. The van der Waals surface area contributed by atoms with Crippen molar-refractivity contribution in [1.82, 2.24) is 4.90 Å². The number of hydrogen-bond acceptors (Lipinski definition) is 4. The van der Waals surface area contributed by atoms with Crippen LogP contribution in [-0.2, 0) is 9.84 Å². The first-order valence-electron chi connectivity index (χ1n) is 8.82. The van der Waals surface area contributed by atoms with Gasteiger partial charge in [0.05, 0.1) is 23.3 Å². The van der Waals surface area contributed by atoms with Crippen LogP contribution in [0.2, 0.25) is 0 Å². The third-order valence-electron chi connectivity index (χ3n) is 4.23. The maximum atomic E-state index is 12.5. The van der Waals surface area contributed by atoms with E-state index in [1.165, 1.54) is 0 Å². The highest BCUT2D eigenvalue weighted by Gasteiger charge is 2.32. The molecule has 1 heterocycles. The molecule has 0 aromatic heterocycles. The molecule has 1 aromatic carbocycles. The van der Waals surface area contributed by atoms with Gasteiger partial charge in [-0.2, -0.15) is 0 Å². The lowest BCUT2D eigenvalue weighted by atomic mass is 10.1. The van der Waals surface area contributed by atoms with Gasteiger partial charge in [0, 0.05) is 13.1 Å². The first kappa shape index (κ1) is 19.6. The summed E-state index contributed by atoms with van der Waals surface area (Å²) in [5, 5.41) is 2.53. The summed E-state index contributed by atoms with van der Waals surface area (Å²) in [7, 11) is -3.08. The smallest absolute Gasteiger partial charge is 0.321 e. The lowest BCUT2D eigenvalue weighted by molar-refractivity contribution is 0.200. The van der Waals surface area contributed by atoms with Crippen molar-refractivity contribution >= 4 is 21.6 Å². The Labute approximate surface area is 150 Å². The molecule has 1 fully saturated rings. The molecule has 7 heteroatoms. The lowest BCUT2D eigenvalue weighted by Gasteiger charge is -2.32. The lowest BCUT2D eigenvalue weighted by Crippen LogP contribution is -2.45. The predicted octanol–water partition coefficient (Wildman–Crippen LogP) is 3.15. The normalized spacial score (nSPS) is 16.1. The molecule has 0 atom stereocenters. The second-order valence-corrected chi connectivity index (χ2v) is 9.09. The largest absolute Gasteiger partial charge is 0.492 e. The van der Waals surface area contributed by atoms with Gasteiger partial charge in [0.15, 0.2) is 9.84 Å². The molecule has 0 saturated carbocycles. The molecule has 2 amide bonds. The number of rotatable bonds is 6. The zero-order valence-electron chi connectivity index (χ0n) is 15.2. The molecule has 6 nitrogen and oxygen atoms in total. The fourth-order valence-electron chi connectivity index (χ4n) is 3.06. The molecule has 1 aromatic rings. The molecule has 2 rings (SSSR count). The van der Waals surface area contributed by atoms with E-state index < -0.39 is 9.84 Å². The third-order valence-corrected chi connectivity index (χ3v) is 6.85. The summed E-state index contributed by atoms with van der Waals surface area (Å²) >= 11 is 0. The van der Waals surface area contributed by atoms with Crippen LogP contribution in [0.1, 0.15) is 33.6 Å². The predicted molar refractivity (Wildman–Crippen MR) is 99.8 cm³/mol. The molecule has 0 unspecified atom stereocenters. The second-order valence-electron chi connectivity index (χ2n) is 6.77. The summed E-state index contributed by atoms with van der Waals surface area (Å²) in [6.45, 7) is 7.13. The van der Waals surface area contributed by atoms with Gasteiger partial charge in [0.1, 0.15) is 5.75 Å². The average molecular weight is 368 g/mol. The number of piperidine rings is 1. The Hall–Kier alpha value is -1.76. The topological polar surface area (TPSA) is 75.7 Å². The number of carbonyl (C=O) groups excluding carboxylic acids is 1. The fourth-order valence-corrected chi connectivity index (χ4v) is 5.19. The van der Waals surface area contributed by atoms with Crippen molar-refractivity contribution in [2.45, 2.75) is 38.9 Å². The van der Waals surface area contributed by atoms with Crippen LogP contribution in [0.25, 0.3) is 0 Å². The number of carbonyl (C=O) groups is 1. The monoisotopic (exact) mass is 368 g/mol. The number of ether oxygens (including phenoxy) is 1. The van der Waals surface area contributed by atoms with Crippen molar-refractivity contribution in [2.24, 2.45) is 5.92 Å². The Bertz CT molecular complexity index is 680. The number of para-hydroxylation sites is 2. The van der Waals surface area contributed by atoms with Crippen molar-refractivity contribution < 1.29 is 17.9 Å². The van der Waals surface area contributed by atoms with Crippen molar-refractivity contribution in [3.05, 3.63) is 24.3 Å². The van der Waals surface area contributed by atoms with E-state index in [0.717, 1.165) is 0 Å². The van der Waals surface area contributed by atoms with E-state index in [-0.39, 0.29) is 23.0 Å². The summed E-state index contributed by atoms with van der Waals surface area (Å²) < 4.78 is 30.2. The standard InChI is InChI=1S/C18H28N2O4S/c1-4-24-17-8-6-5-7-16(17)19-18(21)20-11-9-15(10-12-20)25(22,23)13-14(2)3/h5-8,14-15H,4,9-13H2,1-3H3,(H,19,21). The van der Waals surface area contributed by atoms with Gasteiger partial charge in [-0.25, -0.2) is 13.2 Å². The first-order valence-corrected chi connectivity index (χ1v) is 10.5. The third kappa shape index (κ3) is 5.36. The van der Waals surface area contributed by atoms with Gasteiger partial charge >= 0.3 is 6.03 Å². The second kappa shape index (κ2) is 8.56. The van der Waals surface area contributed by atoms with Gasteiger partial charge in [0.2, 0.25) is 0 Å². The van der Waals surface area contributed by atoms with Crippen LogP contribution in [0.3, 0.4) is 0 Å². The zero-order valence-corrected chi connectivity index (χ0v) is 16.0. The maximum absolute atomic E-state index is 12.5. The molecule has 0 radical (unpaired) electrons. The number of sulfone groups is 1. The molecular weight excluding hydrogens is 340 g/mol. The van der Waals surface area contributed by atoms with Crippen LogP contribution in [0.5, 0.6) is 5.75 Å². The summed E-state index contributed by atoms with van der Waals surface area (Å²) in [4.78, 5) is 14.1. The Morgan fingerprint density at radius 1 is 1.28 bits per heavy atom. The number of nitrogens with one attached hydrogen (secondary N) is 1. The van der Waals surface area contributed by atoms with Crippen molar-refractivity contribution in [1.29, 1.82) is 0 Å².